The van der Waals surface area contributed by atoms with Gasteiger partial charge < -0.3 is 4.98 Å². The molecule has 0 aliphatic heterocycles. The summed E-state index contributed by atoms with van der Waals surface area (Å²) in [6, 6.07) is 17.8. The summed E-state index contributed by atoms with van der Waals surface area (Å²) in [6.45, 7) is 0.622. The Balaban J connectivity index is 1.72. The van der Waals surface area contributed by atoms with Crippen LogP contribution in [0, 0.1) is 4.77 Å². The lowest BCUT2D eigenvalue weighted by Crippen LogP contribution is -2.23. The zero-order chi connectivity index (χ0) is 15.4. The molecule has 0 atom stereocenters. The highest BCUT2D eigenvalue weighted by Crippen LogP contribution is 2.12. The minimum absolute atomic E-state index is 0.0142. The largest absolute Gasteiger partial charge is 0.332 e. The highest BCUT2D eigenvalue weighted by Gasteiger charge is 2.04. The van der Waals surface area contributed by atoms with E-state index in [2.05, 4.69) is 17.1 Å². The molecule has 1 N–H and O–H groups in total. The van der Waals surface area contributed by atoms with E-state index >= 15 is 0 Å². The van der Waals surface area contributed by atoms with Crippen LogP contribution >= 0.6 is 24.0 Å². The van der Waals surface area contributed by atoms with Gasteiger partial charge in [0.25, 0.3) is 5.56 Å². The van der Waals surface area contributed by atoms with Crippen LogP contribution in [0.5, 0.6) is 0 Å². The molecule has 1 heterocycles. The fraction of sp³-hybridized carbons (Fsp3) is 0.176. The quantitative estimate of drug-likeness (QED) is 0.568. The number of hydrogen-bond donors (Lipinski definition) is 1. The Morgan fingerprint density at radius 1 is 1.05 bits per heavy atom. The molecule has 5 heteroatoms. The zero-order valence-corrected chi connectivity index (χ0v) is 13.6. The number of benzene rings is 2. The van der Waals surface area contributed by atoms with E-state index in [-0.39, 0.29) is 5.56 Å². The molecular weight excluding hydrogens is 312 g/mol. The van der Waals surface area contributed by atoms with Crippen molar-refractivity contribution in [3.63, 3.8) is 0 Å². The first-order valence-electron chi connectivity index (χ1n) is 7.09. The molecule has 0 saturated heterocycles. The van der Waals surface area contributed by atoms with Crippen LogP contribution in [0.1, 0.15) is 5.56 Å². The number of H-pyrrole nitrogens is 1. The van der Waals surface area contributed by atoms with Gasteiger partial charge in [0.05, 0.1) is 10.9 Å². The number of hydrogen-bond acceptors (Lipinski definition) is 3. The molecule has 0 aliphatic carbocycles. The Morgan fingerprint density at radius 3 is 2.59 bits per heavy atom. The van der Waals surface area contributed by atoms with E-state index in [9.17, 15) is 4.79 Å². The van der Waals surface area contributed by atoms with Crippen LogP contribution in [0.3, 0.4) is 0 Å². The molecule has 112 valence electrons. The Labute approximate surface area is 138 Å². The average molecular weight is 328 g/mol. The Morgan fingerprint density at radius 2 is 1.77 bits per heavy atom. The fourth-order valence-electron chi connectivity index (χ4n) is 2.32. The van der Waals surface area contributed by atoms with Gasteiger partial charge in [-0.05, 0) is 29.9 Å². The lowest BCUT2D eigenvalue weighted by Gasteiger charge is -2.08. The second-order valence-corrected chi connectivity index (χ2v) is 6.46. The van der Waals surface area contributed by atoms with Crippen LogP contribution in [0.25, 0.3) is 10.9 Å². The molecule has 0 bridgehead atoms. The van der Waals surface area contributed by atoms with Crippen LogP contribution in [0.15, 0.2) is 59.4 Å². The van der Waals surface area contributed by atoms with E-state index in [1.165, 1.54) is 5.56 Å². The predicted octanol–water partition coefficient (Wildman–Crippen LogP) is 3.99. The summed E-state index contributed by atoms with van der Waals surface area (Å²) in [4.78, 5) is 15.6. The van der Waals surface area contributed by atoms with Crippen LogP contribution in [0.2, 0.25) is 0 Å². The second kappa shape index (κ2) is 6.94. The molecule has 0 radical (unpaired) electrons. The van der Waals surface area contributed by atoms with Gasteiger partial charge in [-0.25, -0.2) is 0 Å². The van der Waals surface area contributed by atoms with Crippen molar-refractivity contribution in [1.29, 1.82) is 0 Å². The van der Waals surface area contributed by atoms with Crippen molar-refractivity contribution in [2.75, 3.05) is 5.75 Å². The normalized spacial score (nSPS) is 10.9. The van der Waals surface area contributed by atoms with E-state index in [1.54, 1.807) is 16.3 Å². The van der Waals surface area contributed by atoms with Crippen molar-refractivity contribution in [3.8, 4) is 0 Å². The summed E-state index contributed by atoms with van der Waals surface area (Å²) in [5, 5.41) is 0.684. The topological polar surface area (TPSA) is 37.8 Å². The van der Waals surface area contributed by atoms with E-state index < -0.39 is 0 Å². The maximum atomic E-state index is 12.5. The lowest BCUT2D eigenvalue weighted by molar-refractivity contribution is 0.712. The minimum atomic E-state index is -0.0142. The third-order valence-electron chi connectivity index (χ3n) is 3.46. The molecule has 0 unspecified atom stereocenters. The third-order valence-corrected chi connectivity index (χ3v) is 4.79. The molecule has 0 amide bonds. The van der Waals surface area contributed by atoms with Crippen LogP contribution in [0.4, 0.5) is 0 Å². The maximum Gasteiger partial charge on any atom is 0.262 e. The Hall–Kier alpha value is -1.85. The molecule has 2 aromatic carbocycles. The van der Waals surface area contributed by atoms with Gasteiger partial charge in [-0.1, -0.05) is 42.5 Å². The Bertz CT molecular complexity index is 884. The van der Waals surface area contributed by atoms with Crippen molar-refractivity contribution in [2.24, 2.45) is 0 Å². The fourth-order valence-corrected chi connectivity index (χ4v) is 3.49. The van der Waals surface area contributed by atoms with Crippen LogP contribution in [-0.2, 0) is 12.3 Å². The SMILES string of the molecule is O=c1c2ccccc2[nH]c(=S)n1CCSCc1ccccc1. The molecule has 3 aromatic rings. The van der Waals surface area contributed by atoms with Gasteiger partial charge in [-0.2, -0.15) is 11.8 Å². The molecule has 3 rings (SSSR count). The van der Waals surface area contributed by atoms with Gasteiger partial charge in [0.15, 0.2) is 4.77 Å². The number of para-hydroxylation sites is 1. The predicted molar refractivity (Wildman–Crippen MR) is 96.0 cm³/mol. The summed E-state index contributed by atoms with van der Waals surface area (Å²) in [5.74, 6) is 1.80. The van der Waals surface area contributed by atoms with Crippen molar-refractivity contribution in [2.45, 2.75) is 12.3 Å². The minimum Gasteiger partial charge on any atom is -0.332 e. The number of aromatic amines is 1. The van der Waals surface area contributed by atoms with Crippen LogP contribution in [-0.4, -0.2) is 15.3 Å². The third kappa shape index (κ3) is 3.31. The van der Waals surface area contributed by atoms with Gasteiger partial charge in [0.2, 0.25) is 0 Å². The average Bonchev–Trinajstić information content (AvgIpc) is 2.55. The monoisotopic (exact) mass is 328 g/mol. The first-order chi connectivity index (χ1) is 10.8. The number of aromatic nitrogens is 2. The van der Waals surface area contributed by atoms with E-state index in [1.807, 2.05) is 42.5 Å². The first-order valence-corrected chi connectivity index (χ1v) is 8.65. The number of rotatable bonds is 5. The lowest BCUT2D eigenvalue weighted by atomic mass is 10.2. The van der Waals surface area contributed by atoms with Gasteiger partial charge in [0.1, 0.15) is 0 Å². The van der Waals surface area contributed by atoms with Gasteiger partial charge in [0, 0.05) is 18.1 Å². The number of nitrogens with zero attached hydrogens (tertiary/aromatic N) is 1. The molecule has 3 nitrogen and oxygen atoms in total. The van der Waals surface area contributed by atoms with Gasteiger partial charge in [-0.3, -0.25) is 9.36 Å². The highest BCUT2D eigenvalue weighted by atomic mass is 32.2. The standard InChI is InChI=1S/C17H16N2OS2/c20-16-14-8-4-5-9-15(14)18-17(21)19(16)10-11-22-12-13-6-2-1-3-7-13/h1-9H,10-12H2,(H,18,21). The van der Waals surface area contributed by atoms with Gasteiger partial charge in [-0.15, -0.1) is 0 Å². The zero-order valence-electron chi connectivity index (χ0n) is 12.0. The van der Waals surface area contributed by atoms with E-state index in [0.29, 0.717) is 16.7 Å². The molecule has 1 aromatic heterocycles. The van der Waals surface area contributed by atoms with Crippen molar-refractivity contribution in [3.05, 3.63) is 75.3 Å². The van der Waals surface area contributed by atoms with Crippen molar-refractivity contribution in [1.82, 2.24) is 9.55 Å². The number of thioether (sulfide) groups is 1. The summed E-state index contributed by atoms with van der Waals surface area (Å²) in [6.07, 6.45) is 0. The molecule has 0 aliphatic rings. The molecule has 22 heavy (non-hydrogen) atoms. The van der Waals surface area contributed by atoms with E-state index in [0.717, 1.165) is 17.0 Å². The first kappa shape index (κ1) is 15.1. The number of nitrogens with one attached hydrogen (secondary N) is 1. The van der Waals surface area contributed by atoms with Crippen molar-refractivity contribution >= 4 is 34.9 Å². The van der Waals surface area contributed by atoms with Crippen molar-refractivity contribution < 1.29 is 0 Å². The smallest absolute Gasteiger partial charge is 0.262 e. The Kier molecular flexibility index (Phi) is 4.75. The van der Waals surface area contributed by atoms with Crippen LogP contribution < -0.4 is 5.56 Å². The molecule has 0 spiro atoms. The molecule has 0 fully saturated rings. The van der Waals surface area contributed by atoms with E-state index in [4.69, 9.17) is 12.2 Å². The summed E-state index contributed by atoms with van der Waals surface area (Å²) < 4.78 is 2.14. The highest BCUT2D eigenvalue weighted by molar-refractivity contribution is 7.98. The second-order valence-electron chi connectivity index (χ2n) is 4.97. The molecular formula is C17H16N2OS2. The number of fused-ring (bicyclic) bond motifs is 1. The summed E-state index contributed by atoms with van der Waals surface area (Å²) in [7, 11) is 0. The molecule has 0 saturated carbocycles. The maximum absolute atomic E-state index is 12.5. The summed E-state index contributed by atoms with van der Waals surface area (Å²) >= 11 is 7.11. The summed E-state index contributed by atoms with van der Waals surface area (Å²) in [5.41, 5.74) is 2.08. The van der Waals surface area contributed by atoms with Gasteiger partial charge >= 0.3 is 0 Å².